The molecule has 0 saturated carbocycles. The highest BCUT2D eigenvalue weighted by Crippen LogP contribution is 2.18. The van der Waals surface area contributed by atoms with E-state index in [2.05, 4.69) is 24.0 Å². The van der Waals surface area contributed by atoms with Gasteiger partial charge in [-0.25, -0.2) is 0 Å². The van der Waals surface area contributed by atoms with Crippen LogP contribution in [0.5, 0.6) is 0 Å². The van der Waals surface area contributed by atoms with Gasteiger partial charge in [0.05, 0.1) is 0 Å². The van der Waals surface area contributed by atoms with Crippen LogP contribution in [0.2, 0.25) is 0 Å². The number of nitrogen functional groups attached to an aromatic ring is 1. The summed E-state index contributed by atoms with van der Waals surface area (Å²) in [4.78, 5) is 2.50. The van der Waals surface area contributed by atoms with Gasteiger partial charge in [0.1, 0.15) is 0 Å². The molecule has 1 fully saturated rings. The molecule has 2 heteroatoms. The molecular weight excluding hydrogens is 172 g/mol. The molecule has 0 spiro atoms. The molecule has 2 N–H and O–H groups in total. The third-order valence-electron chi connectivity index (χ3n) is 2.87. The van der Waals surface area contributed by atoms with Gasteiger partial charge in [-0.2, -0.15) is 0 Å². The molecule has 2 rings (SSSR count). The summed E-state index contributed by atoms with van der Waals surface area (Å²) in [7, 11) is 0. The van der Waals surface area contributed by atoms with E-state index in [9.17, 15) is 0 Å². The van der Waals surface area contributed by atoms with Crippen molar-refractivity contribution in [1.82, 2.24) is 4.90 Å². The number of benzene rings is 1. The van der Waals surface area contributed by atoms with Crippen molar-refractivity contribution in [2.24, 2.45) is 5.92 Å². The van der Waals surface area contributed by atoms with E-state index in [0.29, 0.717) is 0 Å². The maximum Gasteiger partial charge on any atom is 0.0317 e. The highest BCUT2D eigenvalue weighted by Gasteiger charge is 2.18. The number of anilines is 1. The minimum atomic E-state index is 0.857. The fourth-order valence-electron chi connectivity index (χ4n) is 2.12. The smallest absolute Gasteiger partial charge is 0.0317 e. The molecule has 0 radical (unpaired) electrons. The zero-order chi connectivity index (χ0) is 9.97. The molecule has 1 unspecified atom stereocenters. The fraction of sp³-hybridized carbons (Fsp3) is 0.500. The molecule has 0 aromatic heterocycles. The van der Waals surface area contributed by atoms with Crippen molar-refractivity contribution in [2.45, 2.75) is 19.9 Å². The molecule has 0 amide bonds. The summed E-state index contributed by atoms with van der Waals surface area (Å²) in [5.74, 6) is 0.857. The van der Waals surface area contributed by atoms with Crippen molar-refractivity contribution in [2.75, 3.05) is 18.8 Å². The Kier molecular flexibility index (Phi) is 2.73. The van der Waals surface area contributed by atoms with E-state index in [1.807, 2.05) is 12.1 Å². The van der Waals surface area contributed by atoms with Crippen LogP contribution >= 0.6 is 0 Å². The topological polar surface area (TPSA) is 29.3 Å². The second-order valence-corrected chi connectivity index (χ2v) is 4.37. The van der Waals surface area contributed by atoms with Crippen molar-refractivity contribution < 1.29 is 0 Å². The van der Waals surface area contributed by atoms with Crippen molar-refractivity contribution in [3.05, 3.63) is 29.8 Å². The van der Waals surface area contributed by atoms with Crippen LogP contribution in [-0.2, 0) is 6.54 Å². The van der Waals surface area contributed by atoms with Gasteiger partial charge in [0.15, 0.2) is 0 Å². The van der Waals surface area contributed by atoms with Gasteiger partial charge >= 0.3 is 0 Å². The van der Waals surface area contributed by atoms with E-state index >= 15 is 0 Å². The first-order valence-corrected chi connectivity index (χ1v) is 5.31. The maximum atomic E-state index is 5.74. The Balaban J connectivity index is 1.97. The summed E-state index contributed by atoms with van der Waals surface area (Å²) in [5.41, 5.74) is 7.94. The van der Waals surface area contributed by atoms with E-state index in [-0.39, 0.29) is 0 Å². The first-order chi connectivity index (χ1) is 6.74. The third kappa shape index (κ3) is 2.26. The van der Waals surface area contributed by atoms with Crippen LogP contribution in [0.25, 0.3) is 0 Å². The zero-order valence-corrected chi connectivity index (χ0v) is 8.74. The van der Waals surface area contributed by atoms with E-state index < -0.39 is 0 Å². The van der Waals surface area contributed by atoms with Gasteiger partial charge in [0.2, 0.25) is 0 Å². The lowest BCUT2D eigenvalue weighted by molar-refractivity contribution is 0.320. The lowest BCUT2D eigenvalue weighted by Crippen LogP contribution is -2.19. The molecule has 1 aliphatic rings. The van der Waals surface area contributed by atoms with E-state index in [1.54, 1.807) is 0 Å². The summed E-state index contributed by atoms with van der Waals surface area (Å²) >= 11 is 0. The Morgan fingerprint density at radius 1 is 1.50 bits per heavy atom. The quantitative estimate of drug-likeness (QED) is 0.724. The lowest BCUT2D eigenvalue weighted by atomic mass is 10.2. The van der Waals surface area contributed by atoms with Crippen LogP contribution in [0, 0.1) is 5.92 Å². The summed E-state index contributed by atoms with van der Waals surface area (Å²) < 4.78 is 0. The van der Waals surface area contributed by atoms with Gasteiger partial charge in [0, 0.05) is 18.8 Å². The molecule has 0 aliphatic carbocycles. The second-order valence-electron chi connectivity index (χ2n) is 4.37. The molecule has 1 heterocycles. The normalized spacial score (nSPS) is 22.8. The van der Waals surface area contributed by atoms with Crippen LogP contribution < -0.4 is 5.73 Å². The highest BCUT2D eigenvalue weighted by molar-refractivity contribution is 5.40. The maximum absolute atomic E-state index is 5.74. The molecule has 76 valence electrons. The first-order valence-electron chi connectivity index (χ1n) is 5.31. The Morgan fingerprint density at radius 2 is 2.36 bits per heavy atom. The Labute approximate surface area is 85.7 Å². The first kappa shape index (κ1) is 9.53. The SMILES string of the molecule is CC1CCN(Cc2cccc(N)c2)C1. The summed E-state index contributed by atoms with van der Waals surface area (Å²) in [6, 6.07) is 8.20. The molecule has 1 aromatic rings. The Bertz CT molecular complexity index is 309. The zero-order valence-electron chi connectivity index (χ0n) is 8.74. The van der Waals surface area contributed by atoms with Gasteiger partial charge in [-0.1, -0.05) is 19.1 Å². The van der Waals surface area contributed by atoms with Gasteiger partial charge in [0.25, 0.3) is 0 Å². The van der Waals surface area contributed by atoms with Crippen LogP contribution in [0.3, 0.4) is 0 Å². The number of nitrogens with two attached hydrogens (primary N) is 1. The van der Waals surface area contributed by atoms with Crippen molar-refractivity contribution in [3.63, 3.8) is 0 Å². The molecule has 2 nitrogen and oxygen atoms in total. The monoisotopic (exact) mass is 190 g/mol. The van der Waals surface area contributed by atoms with Gasteiger partial charge in [-0.05, 0) is 36.6 Å². The number of nitrogens with zero attached hydrogens (tertiary/aromatic N) is 1. The summed E-state index contributed by atoms with van der Waals surface area (Å²) in [6.45, 7) is 5.83. The fourth-order valence-corrected chi connectivity index (χ4v) is 2.12. The Morgan fingerprint density at radius 3 is 3.00 bits per heavy atom. The minimum Gasteiger partial charge on any atom is -0.399 e. The Hall–Kier alpha value is -1.02. The molecule has 1 saturated heterocycles. The number of hydrogen-bond donors (Lipinski definition) is 1. The van der Waals surface area contributed by atoms with Crippen molar-refractivity contribution >= 4 is 5.69 Å². The van der Waals surface area contributed by atoms with Crippen LogP contribution in [0.15, 0.2) is 24.3 Å². The van der Waals surface area contributed by atoms with E-state index in [0.717, 1.165) is 18.2 Å². The van der Waals surface area contributed by atoms with Gasteiger partial charge in [-0.3, -0.25) is 4.90 Å². The average Bonchev–Trinajstić information content (AvgIpc) is 2.51. The van der Waals surface area contributed by atoms with Crippen molar-refractivity contribution in [3.8, 4) is 0 Å². The largest absolute Gasteiger partial charge is 0.399 e. The van der Waals surface area contributed by atoms with Crippen LogP contribution in [-0.4, -0.2) is 18.0 Å². The lowest BCUT2D eigenvalue weighted by Gasteiger charge is -2.15. The van der Waals surface area contributed by atoms with Gasteiger partial charge < -0.3 is 5.73 Å². The number of hydrogen-bond acceptors (Lipinski definition) is 2. The molecule has 1 atom stereocenters. The summed E-state index contributed by atoms with van der Waals surface area (Å²) in [5, 5.41) is 0. The van der Waals surface area contributed by atoms with Crippen LogP contribution in [0.1, 0.15) is 18.9 Å². The standard InChI is InChI=1S/C12H18N2/c1-10-5-6-14(8-10)9-11-3-2-4-12(13)7-11/h2-4,7,10H,5-6,8-9,13H2,1H3. The highest BCUT2D eigenvalue weighted by atomic mass is 15.1. The van der Waals surface area contributed by atoms with E-state index in [1.165, 1.54) is 25.1 Å². The van der Waals surface area contributed by atoms with Crippen LogP contribution in [0.4, 0.5) is 5.69 Å². The third-order valence-corrected chi connectivity index (χ3v) is 2.87. The number of likely N-dealkylation sites (tertiary alicyclic amines) is 1. The molecule has 1 aromatic carbocycles. The molecule has 0 bridgehead atoms. The van der Waals surface area contributed by atoms with Crippen molar-refractivity contribution in [1.29, 1.82) is 0 Å². The summed E-state index contributed by atoms with van der Waals surface area (Å²) in [6.07, 6.45) is 1.34. The minimum absolute atomic E-state index is 0.857. The predicted molar refractivity (Wildman–Crippen MR) is 59.9 cm³/mol. The average molecular weight is 190 g/mol. The van der Waals surface area contributed by atoms with Gasteiger partial charge in [-0.15, -0.1) is 0 Å². The molecule has 14 heavy (non-hydrogen) atoms. The second kappa shape index (κ2) is 4.01. The van der Waals surface area contributed by atoms with E-state index in [4.69, 9.17) is 5.73 Å². The molecular formula is C12H18N2. The predicted octanol–water partition coefficient (Wildman–Crippen LogP) is 2.11. The number of rotatable bonds is 2. The molecule has 1 aliphatic heterocycles.